The Hall–Kier alpha value is -2.66. The van der Waals surface area contributed by atoms with E-state index < -0.39 is 0 Å². The van der Waals surface area contributed by atoms with E-state index in [1.54, 1.807) is 12.1 Å². The second kappa shape index (κ2) is 10.6. The number of esters is 2. The smallest absolute Gasteiger partial charge is 0.338 e. The average molecular weight is 545 g/mol. The summed E-state index contributed by atoms with van der Waals surface area (Å²) in [7, 11) is 0. The van der Waals surface area contributed by atoms with E-state index in [1.807, 2.05) is 55.5 Å². The predicted molar refractivity (Wildman–Crippen MR) is 154 cm³/mol. The molecule has 4 aliphatic carbocycles. The molecule has 4 saturated carbocycles. The van der Waals surface area contributed by atoms with Crippen molar-refractivity contribution in [2.24, 2.45) is 40.4 Å². The van der Waals surface area contributed by atoms with Crippen LogP contribution in [0.3, 0.4) is 0 Å². The lowest BCUT2D eigenvalue weighted by Gasteiger charge is -2.62. The molecule has 0 aromatic heterocycles. The van der Waals surface area contributed by atoms with Crippen molar-refractivity contribution in [3.8, 4) is 0 Å². The van der Waals surface area contributed by atoms with Gasteiger partial charge in [0.15, 0.2) is 0 Å². The number of fused-ring (bicyclic) bond motifs is 5. The van der Waals surface area contributed by atoms with Crippen LogP contribution in [0, 0.1) is 40.4 Å². The van der Waals surface area contributed by atoms with E-state index in [9.17, 15) is 14.7 Å². The fourth-order valence-electron chi connectivity index (χ4n) is 9.95. The van der Waals surface area contributed by atoms with Crippen LogP contribution in [-0.2, 0) is 9.47 Å². The Bertz CT molecular complexity index is 1210. The third-order valence-corrected chi connectivity index (χ3v) is 11.8. The van der Waals surface area contributed by atoms with Gasteiger partial charge in [0, 0.05) is 5.92 Å². The first kappa shape index (κ1) is 27.5. The molecule has 2 aromatic carbocycles. The van der Waals surface area contributed by atoms with Crippen LogP contribution in [0.2, 0.25) is 0 Å². The first-order valence-corrected chi connectivity index (χ1v) is 15.4. The number of rotatable bonds is 5. The topological polar surface area (TPSA) is 72.8 Å². The molecule has 0 amide bonds. The van der Waals surface area contributed by atoms with Gasteiger partial charge in [-0.15, -0.1) is 0 Å². The van der Waals surface area contributed by atoms with E-state index in [4.69, 9.17) is 9.47 Å². The molecule has 5 nitrogen and oxygen atoms in total. The molecular formula is C35H44O5. The fraction of sp³-hybridized carbons (Fsp3) is 0.600. The van der Waals surface area contributed by atoms with Gasteiger partial charge >= 0.3 is 11.9 Å². The molecule has 0 aliphatic heterocycles. The van der Waals surface area contributed by atoms with Gasteiger partial charge in [-0.1, -0.05) is 50.2 Å². The molecule has 0 spiro atoms. The summed E-state index contributed by atoms with van der Waals surface area (Å²) in [5.74, 6) is 1.52. The molecule has 6 rings (SSSR count). The van der Waals surface area contributed by atoms with Crippen LogP contribution < -0.4 is 0 Å². The number of hydrogen-bond acceptors (Lipinski definition) is 5. The van der Waals surface area contributed by atoms with E-state index in [2.05, 4.69) is 13.8 Å². The monoisotopic (exact) mass is 544 g/mol. The highest BCUT2D eigenvalue weighted by Crippen LogP contribution is 2.68. The minimum atomic E-state index is -0.361. The minimum absolute atomic E-state index is 0.0391. The molecule has 5 heteroatoms. The molecule has 4 fully saturated rings. The predicted octanol–water partition coefficient (Wildman–Crippen LogP) is 7.09. The number of ether oxygens (including phenoxy) is 2. The Morgan fingerprint density at radius 1 is 0.850 bits per heavy atom. The van der Waals surface area contributed by atoms with Gasteiger partial charge in [0.25, 0.3) is 0 Å². The number of carbonyl (C=O) groups is 2. The van der Waals surface area contributed by atoms with Gasteiger partial charge in [-0.05, 0) is 117 Å². The largest absolute Gasteiger partial charge is 0.459 e. The first-order valence-electron chi connectivity index (χ1n) is 15.4. The van der Waals surface area contributed by atoms with Crippen LogP contribution in [0.5, 0.6) is 0 Å². The summed E-state index contributed by atoms with van der Waals surface area (Å²) in [5.41, 5.74) is 1.22. The Morgan fingerprint density at radius 2 is 1.50 bits per heavy atom. The van der Waals surface area contributed by atoms with Gasteiger partial charge in [0.1, 0.15) is 12.2 Å². The molecule has 0 bridgehead atoms. The summed E-state index contributed by atoms with van der Waals surface area (Å²) in [5, 5.41) is 11.8. The van der Waals surface area contributed by atoms with Gasteiger partial charge in [0.2, 0.25) is 0 Å². The maximum atomic E-state index is 12.8. The molecule has 0 unspecified atom stereocenters. The fourth-order valence-corrected chi connectivity index (χ4v) is 9.95. The van der Waals surface area contributed by atoms with Crippen molar-refractivity contribution in [2.75, 3.05) is 0 Å². The van der Waals surface area contributed by atoms with Crippen LogP contribution in [-0.4, -0.2) is 35.4 Å². The van der Waals surface area contributed by atoms with Gasteiger partial charge in [-0.2, -0.15) is 0 Å². The lowest BCUT2D eigenvalue weighted by Crippen LogP contribution is -2.59. The van der Waals surface area contributed by atoms with Crippen LogP contribution >= 0.6 is 0 Å². The van der Waals surface area contributed by atoms with E-state index in [1.165, 1.54) is 0 Å². The lowest BCUT2D eigenvalue weighted by atomic mass is 9.43. The van der Waals surface area contributed by atoms with Gasteiger partial charge < -0.3 is 14.6 Å². The van der Waals surface area contributed by atoms with Crippen LogP contribution in [0.25, 0.3) is 0 Å². The van der Waals surface area contributed by atoms with Crippen molar-refractivity contribution < 1.29 is 24.2 Å². The molecule has 214 valence electrons. The summed E-state index contributed by atoms with van der Waals surface area (Å²) >= 11 is 0. The summed E-state index contributed by atoms with van der Waals surface area (Å²) in [6, 6.07) is 18.5. The molecule has 10 atom stereocenters. The number of benzene rings is 2. The SMILES string of the molecule is C[C@@H](OC(=O)c1ccccc1)[C@H]1CC[C@H]2[C@@H]3CC[C@H]4C[C@H](OC(=O)c5ccccc5)CC[C@]4(C)[C@H]3[C@H](O)C[C@]12C. The van der Waals surface area contributed by atoms with Gasteiger partial charge in [-0.3, -0.25) is 0 Å². The van der Waals surface area contributed by atoms with E-state index in [0.717, 1.165) is 51.4 Å². The van der Waals surface area contributed by atoms with Crippen molar-refractivity contribution in [3.63, 3.8) is 0 Å². The van der Waals surface area contributed by atoms with Crippen LogP contribution in [0.1, 0.15) is 92.9 Å². The van der Waals surface area contributed by atoms with E-state index >= 15 is 0 Å². The van der Waals surface area contributed by atoms with E-state index in [0.29, 0.717) is 28.9 Å². The van der Waals surface area contributed by atoms with Gasteiger partial charge in [-0.25, -0.2) is 9.59 Å². The molecule has 4 aliphatic rings. The Balaban J connectivity index is 1.14. The van der Waals surface area contributed by atoms with Gasteiger partial charge in [0.05, 0.1) is 17.2 Å². The standard InChI is InChI=1S/C35H44O5/c1-22(39-32(37)23-10-6-4-7-11-23)28-16-17-29-27-15-14-25-20-26(40-33(38)24-12-8-5-9-13-24)18-19-34(25,2)31(27)30(36)21-35(28,29)3/h4-13,22,25-31,36H,14-21H2,1-3H3/t22-,25+,26-,27+,28-,29+,30-,31-,34+,35-/m1/s1. The molecule has 2 aromatic rings. The van der Waals surface area contributed by atoms with E-state index in [-0.39, 0.29) is 52.9 Å². The Morgan fingerprint density at radius 3 is 2.17 bits per heavy atom. The molecule has 0 heterocycles. The number of aliphatic hydroxyl groups excluding tert-OH is 1. The Kier molecular flexibility index (Phi) is 7.31. The van der Waals surface area contributed by atoms with Crippen molar-refractivity contribution in [3.05, 3.63) is 71.8 Å². The van der Waals surface area contributed by atoms with Crippen LogP contribution in [0.15, 0.2) is 60.7 Å². The normalized spacial score (nSPS) is 39.2. The maximum absolute atomic E-state index is 12.8. The maximum Gasteiger partial charge on any atom is 0.338 e. The third kappa shape index (κ3) is 4.68. The van der Waals surface area contributed by atoms with Crippen molar-refractivity contribution >= 4 is 11.9 Å². The second-order valence-electron chi connectivity index (χ2n) is 13.7. The highest BCUT2D eigenvalue weighted by atomic mass is 16.5. The zero-order valence-electron chi connectivity index (χ0n) is 24.1. The number of aliphatic hydroxyl groups is 1. The zero-order valence-corrected chi connectivity index (χ0v) is 24.1. The first-order chi connectivity index (χ1) is 19.2. The quantitative estimate of drug-likeness (QED) is 0.407. The molecule has 0 saturated heterocycles. The second-order valence-corrected chi connectivity index (χ2v) is 13.7. The zero-order chi connectivity index (χ0) is 28.1. The number of hydrogen-bond donors (Lipinski definition) is 1. The minimum Gasteiger partial charge on any atom is -0.459 e. The Labute approximate surface area is 238 Å². The van der Waals surface area contributed by atoms with Crippen molar-refractivity contribution in [1.29, 1.82) is 0 Å². The molecular weight excluding hydrogens is 500 g/mol. The van der Waals surface area contributed by atoms with Crippen molar-refractivity contribution in [2.45, 2.75) is 90.4 Å². The lowest BCUT2D eigenvalue weighted by molar-refractivity contribution is -0.182. The summed E-state index contributed by atoms with van der Waals surface area (Å²) < 4.78 is 12.0. The summed E-state index contributed by atoms with van der Waals surface area (Å²) in [6.45, 7) is 6.82. The molecule has 40 heavy (non-hydrogen) atoms. The highest BCUT2D eigenvalue weighted by Gasteiger charge is 2.64. The number of carbonyl (C=O) groups excluding carboxylic acids is 2. The summed E-state index contributed by atoms with van der Waals surface area (Å²) in [4.78, 5) is 25.6. The van der Waals surface area contributed by atoms with Crippen molar-refractivity contribution in [1.82, 2.24) is 0 Å². The summed E-state index contributed by atoms with van der Waals surface area (Å²) in [6.07, 6.45) is 7.33. The molecule has 0 radical (unpaired) electrons. The van der Waals surface area contributed by atoms with Crippen LogP contribution in [0.4, 0.5) is 0 Å². The third-order valence-electron chi connectivity index (χ3n) is 11.8. The average Bonchev–Trinajstić information content (AvgIpc) is 3.30. The highest BCUT2D eigenvalue weighted by molar-refractivity contribution is 5.89. The molecule has 1 N–H and O–H groups in total.